The third-order valence-corrected chi connectivity index (χ3v) is 7.09. The van der Waals surface area contributed by atoms with Gasteiger partial charge in [0, 0.05) is 28.9 Å². The minimum absolute atomic E-state index is 0.0706. The van der Waals surface area contributed by atoms with Crippen molar-refractivity contribution in [3.05, 3.63) is 70.1 Å². The topological polar surface area (TPSA) is 60.6 Å². The van der Waals surface area contributed by atoms with Gasteiger partial charge < -0.3 is 20.1 Å². The van der Waals surface area contributed by atoms with E-state index in [4.69, 9.17) is 38.4 Å². The van der Waals surface area contributed by atoms with Gasteiger partial charge >= 0.3 is 0 Å². The molecule has 0 bridgehead atoms. The smallest absolute Gasteiger partial charge is 0.166 e. The van der Waals surface area contributed by atoms with Crippen LogP contribution in [0.15, 0.2) is 48.7 Å². The van der Waals surface area contributed by atoms with Gasteiger partial charge in [-0.25, -0.2) is 9.37 Å². The molecule has 2 unspecified atom stereocenters. The number of anilines is 1. The summed E-state index contributed by atoms with van der Waals surface area (Å²) in [6, 6.07) is 12.3. The van der Waals surface area contributed by atoms with E-state index in [0.717, 1.165) is 29.8 Å². The van der Waals surface area contributed by atoms with Crippen LogP contribution >= 0.6 is 23.2 Å². The van der Waals surface area contributed by atoms with Gasteiger partial charge in [0.15, 0.2) is 11.6 Å². The summed E-state index contributed by atoms with van der Waals surface area (Å²) in [6.45, 7) is 4.78. The largest absolute Gasteiger partial charge is 0.494 e. The fourth-order valence-corrected chi connectivity index (χ4v) is 5.15. The van der Waals surface area contributed by atoms with E-state index in [1.807, 2.05) is 24.3 Å². The highest BCUT2D eigenvalue weighted by Crippen LogP contribution is 2.37. The van der Waals surface area contributed by atoms with Crippen molar-refractivity contribution >= 4 is 29.0 Å². The maximum absolute atomic E-state index is 13.9. The number of halogens is 3. The number of nitrogens with zero attached hydrogens (tertiary/aromatic N) is 2. The lowest BCUT2D eigenvalue weighted by molar-refractivity contribution is 0.178. The lowest BCUT2D eigenvalue weighted by Crippen LogP contribution is -2.32. The SMILES string of the molecule is CC(Oc1cc(-c2ccc(OCCC3CCCN(C)C3)cc2)cnc1N)c1c(Cl)ccc(F)c1Cl. The molecule has 186 valence electrons. The van der Waals surface area contributed by atoms with E-state index in [9.17, 15) is 4.39 Å². The summed E-state index contributed by atoms with van der Waals surface area (Å²) in [5.74, 6) is 1.56. The standard InChI is InChI=1S/C27H30Cl2FN3O2/c1-17(25-22(28)9-10-23(30)26(25)29)35-24-14-20(15-32-27(24)31)19-5-7-21(8-6-19)34-13-11-18-4-3-12-33(2)16-18/h5-10,14-15,17-18H,3-4,11-13,16H2,1-2H3,(H2,31,32). The fourth-order valence-electron chi connectivity index (χ4n) is 4.47. The van der Waals surface area contributed by atoms with Crippen LogP contribution in [0.1, 0.15) is 37.9 Å². The second-order valence-electron chi connectivity index (χ2n) is 9.06. The molecule has 0 amide bonds. The van der Waals surface area contributed by atoms with Gasteiger partial charge in [-0.05, 0) is 81.6 Å². The number of rotatable bonds is 8. The van der Waals surface area contributed by atoms with E-state index in [1.165, 1.54) is 31.5 Å². The van der Waals surface area contributed by atoms with E-state index < -0.39 is 11.9 Å². The van der Waals surface area contributed by atoms with Crippen LogP contribution in [0, 0.1) is 11.7 Å². The Morgan fingerprint density at radius 1 is 1.17 bits per heavy atom. The molecule has 2 N–H and O–H groups in total. The van der Waals surface area contributed by atoms with Crippen LogP contribution in [0.4, 0.5) is 10.2 Å². The van der Waals surface area contributed by atoms with E-state index in [2.05, 4.69) is 16.9 Å². The average Bonchev–Trinajstić information content (AvgIpc) is 2.84. The molecule has 4 rings (SSSR count). The summed E-state index contributed by atoms with van der Waals surface area (Å²) in [5.41, 5.74) is 8.18. The number of aromatic nitrogens is 1. The number of hydrogen-bond donors (Lipinski definition) is 1. The molecule has 5 nitrogen and oxygen atoms in total. The maximum Gasteiger partial charge on any atom is 0.166 e. The van der Waals surface area contributed by atoms with Crippen molar-refractivity contribution in [2.24, 2.45) is 5.92 Å². The number of piperidine rings is 1. The fraction of sp³-hybridized carbons (Fsp3) is 0.370. The molecule has 1 saturated heterocycles. The van der Waals surface area contributed by atoms with E-state index in [1.54, 1.807) is 19.2 Å². The summed E-state index contributed by atoms with van der Waals surface area (Å²) in [4.78, 5) is 6.66. The minimum atomic E-state index is -0.634. The number of pyridine rings is 1. The molecular weight excluding hydrogens is 488 g/mol. The quantitative estimate of drug-likeness (QED) is 0.325. The van der Waals surface area contributed by atoms with Crippen LogP contribution in [0.2, 0.25) is 10.0 Å². The first kappa shape index (κ1) is 25.5. The number of likely N-dealkylation sites (tertiary alicyclic amines) is 1. The van der Waals surface area contributed by atoms with Gasteiger partial charge in [-0.2, -0.15) is 0 Å². The van der Waals surface area contributed by atoms with E-state index in [-0.39, 0.29) is 10.8 Å². The van der Waals surface area contributed by atoms with E-state index in [0.29, 0.717) is 28.9 Å². The van der Waals surface area contributed by atoms with Crippen molar-refractivity contribution in [1.82, 2.24) is 9.88 Å². The van der Waals surface area contributed by atoms with Crippen molar-refractivity contribution in [3.8, 4) is 22.6 Å². The van der Waals surface area contributed by atoms with Gasteiger partial charge in [-0.3, -0.25) is 0 Å². The predicted molar refractivity (Wildman–Crippen MR) is 140 cm³/mol. The third kappa shape index (κ3) is 6.37. The Bertz CT molecular complexity index is 1160. The first-order chi connectivity index (χ1) is 16.8. The minimum Gasteiger partial charge on any atom is -0.494 e. The lowest BCUT2D eigenvalue weighted by Gasteiger charge is -2.29. The normalized spacial score (nSPS) is 17.2. The first-order valence-corrected chi connectivity index (χ1v) is 12.5. The van der Waals surface area contributed by atoms with Gasteiger partial charge in [0.25, 0.3) is 0 Å². The molecule has 2 atom stereocenters. The number of hydrogen-bond acceptors (Lipinski definition) is 5. The van der Waals surface area contributed by atoms with Crippen molar-refractivity contribution in [1.29, 1.82) is 0 Å². The molecule has 0 spiro atoms. The van der Waals surface area contributed by atoms with Gasteiger partial charge in [0.05, 0.1) is 11.6 Å². The molecule has 1 aromatic heterocycles. The first-order valence-electron chi connectivity index (χ1n) is 11.8. The molecule has 0 aliphatic carbocycles. The van der Waals surface area contributed by atoms with Crippen LogP contribution in [-0.4, -0.2) is 36.6 Å². The van der Waals surface area contributed by atoms with Crippen LogP contribution in [0.3, 0.4) is 0 Å². The highest BCUT2D eigenvalue weighted by Gasteiger charge is 2.20. The van der Waals surface area contributed by atoms with Crippen molar-refractivity contribution in [2.45, 2.75) is 32.3 Å². The summed E-state index contributed by atoms with van der Waals surface area (Å²) < 4.78 is 25.9. The van der Waals surface area contributed by atoms with Gasteiger partial charge in [0.2, 0.25) is 0 Å². The molecule has 0 radical (unpaired) electrons. The number of nitrogen functional groups attached to an aromatic ring is 1. The maximum atomic E-state index is 13.9. The summed E-state index contributed by atoms with van der Waals surface area (Å²) in [7, 11) is 2.18. The Labute approximate surface area is 216 Å². The third-order valence-electron chi connectivity index (χ3n) is 6.38. The summed E-state index contributed by atoms with van der Waals surface area (Å²) >= 11 is 12.4. The van der Waals surface area contributed by atoms with Crippen molar-refractivity contribution in [2.75, 3.05) is 32.5 Å². The molecule has 8 heteroatoms. The predicted octanol–water partition coefficient (Wildman–Crippen LogP) is 7.03. The molecule has 0 saturated carbocycles. The Hall–Kier alpha value is -2.54. The van der Waals surface area contributed by atoms with Crippen molar-refractivity contribution in [3.63, 3.8) is 0 Å². The number of nitrogens with two attached hydrogens (primary N) is 1. The monoisotopic (exact) mass is 517 g/mol. The highest BCUT2D eigenvalue weighted by molar-refractivity contribution is 6.36. The van der Waals surface area contributed by atoms with Gasteiger partial charge in [-0.1, -0.05) is 35.3 Å². The van der Waals surface area contributed by atoms with Crippen LogP contribution in [0.5, 0.6) is 11.5 Å². The molecule has 1 aliphatic heterocycles. The second-order valence-corrected chi connectivity index (χ2v) is 9.84. The zero-order valence-electron chi connectivity index (χ0n) is 19.9. The molecule has 2 aromatic carbocycles. The zero-order chi connectivity index (χ0) is 24.9. The number of ether oxygens (including phenoxy) is 2. The summed E-state index contributed by atoms with van der Waals surface area (Å²) in [5, 5.41) is 0.247. The molecule has 1 fully saturated rings. The summed E-state index contributed by atoms with van der Waals surface area (Å²) in [6.07, 6.45) is 4.65. The molecule has 3 aromatic rings. The lowest BCUT2D eigenvalue weighted by atomic mass is 9.96. The van der Waals surface area contributed by atoms with E-state index >= 15 is 0 Å². The average molecular weight is 518 g/mol. The van der Waals surface area contributed by atoms with Crippen LogP contribution in [-0.2, 0) is 0 Å². The second kappa shape index (κ2) is 11.5. The Balaban J connectivity index is 1.41. The zero-order valence-corrected chi connectivity index (χ0v) is 21.5. The van der Waals surface area contributed by atoms with Crippen LogP contribution in [0.25, 0.3) is 11.1 Å². The highest BCUT2D eigenvalue weighted by atomic mass is 35.5. The Kier molecular flexibility index (Phi) is 8.37. The van der Waals surface area contributed by atoms with Crippen LogP contribution < -0.4 is 15.2 Å². The molecule has 1 aliphatic rings. The molecular formula is C27H30Cl2FN3O2. The van der Waals surface area contributed by atoms with Crippen molar-refractivity contribution < 1.29 is 13.9 Å². The Morgan fingerprint density at radius 3 is 2.69 bits per heavy atom. The van der Waals surface area contributed by atoms with Gasteiger partial charge in [-0.15, -0.1) is 0 Å². The Morgan fingerprint density at radius 2 is 1.94 bits per heavy atom. The van der Waals surface area contributed by atoms with Gasteiger partial charge in [0.1, 0.15) is 17.7 Å². The molecule has 35 heavy (non-hydrogen) atoms. The molecule has 2 heterocycles. The number of benzene rings is 2.